The maximum Gasteiger partial charge on any atom is 0.155 e. The van der Waals surface area contributed by atoms with Crippen molar-refractivity contribution in [2.75, 3.05) is 13.1 Å². The van der Waals surface area contributed by atoms with Gasteiger partial charge in [0, 0.05) is 19.0 Å². The summed E-state index contributed by atoms with van der Waals surface area (Å²) in [6.45, 7) is 6.19. The van der Waals surface area contributed by atoms with Crippen molar-refractivity contribution < 1.29 is 4.39 Å². The monoisotopic (exact) mass is 240 g/mol. The fraction of sp³-hybridized carbons (Fsp3) is 0.833. The number of aryl methyl sites for hydroxylation is 1. The third-order valence-electron chi connectivity index (χ3n) is 3.62. The van der Waals surface area contributed by atoms with Crippen molar-refractivity contribution in [3.63, 3.8) is 0 Å². The summed E-state index contributed by atoms with van der Waals surface area (Å²) in [6.07, 6.45) is 4.48. The van der Waals surface area contributed by atoms with Crippen LogP contribution in [0.4, 0.5) is 4.39 Å². The lowest BCUT2D eigenvalue weighted by molar-refractivity contribution is 0.0710. The second-order valence-electron chi connectivity index (χ2n) is 4.96. The summed E-state index contributed by atoms with van der Waals surface area (Å²) < 4.78 is 16.7. The molecule has 1 aromatic rings. The Labute approximate surface area is 102 Å². The van der Waals surface area contributed by atoms with Crippen molar-refractivity contribution in [1.29, 1.82) is 0 Å². The minimum absolute atomic E-state index is 0.0188. The van der Waals surface area contributed by atoms with Gasteiger partial charge in [-0.2, -0.15) is 0 Å². The van der Waals surface area contributed by atoms with E-state index in [2.05, 4.69) is 22.6 Å². The number of nitrogens with zero attached hydrogens (tertiary/aromatic N) is 3. The number of alkyl halides is 1. The number of hydrogen-bond donors (Lipinski definition) is 1. The zero-order chi connectivity index (χ0) is 12.3. The van der Waals surface area contributed by atoms with E-state index in [9.17, 15) is 4.39 Å². The van der Waals surface area contributed by atoms with Gasteiger partial charge in [0.15, 0.2) is 5.67 Å². The van der Waals surface area contributed by atoms with E-state index in [1.54, 1.807) is 17.8 Å². The molecule has 1 aliphatic rings. The van der Waals surface area contributed by atoms with Gasteiger partial charge in [0.05, 0.1) is 11.9 Å². The van der Waals surface area contributed by atoms with Gasteiger partial charge in [0.25, 0.3) is 0 Å². The third kappa shape index (κ3) is 2.49. The van der Waals surface area contributed by atoms with Crippen LogP contribution < -0.4 is 5.32 Å². The number of aromatic nitrogens is 3. The highest BCUT2D eigenvalue weighted by Gasteiger charge is 2.39. The molecule has 0 aromatic carbocycles. The van der Waals surface area contributed by atoms with Crippen LogP contribution in [-0.4, -0.2) is 28.1 Å². The minimum Gasteiger partial charge on any atom is -0.316 e. The van der Waals surface area contributed by atoms with Gasteiger partial charge in [-0.1, -0.05) is 12.1 Å². The zero-order valence-corrected chi connectivity index (χ0v) is 10.6. The molecule has 2 rings (SSSR count). The molecule has 1 fully saturated rings. The minimum atomic E-state index is -1.34. The predicted octanol–water partition coefficient (Wildman–Crippen LogP) is 1.87. The number of piperidine rings is 1. The highest BCUT2D eigenvalue weighted by atomic mass is 19.1. The first kappa shape index (κ1) is 12.5. The van der Waals surface area contributed by atoms with Crippen molar-refractivity contribution in [1.82, 2.24) is 20.3 Å². The van der Waals surface area contributed by atoms with Crippen molar-refractivity contribution in [3.8, 4) is 0 Å². The number of rotatable bonds is 4. The van der Waals surface area contributed by atoms with Crippen LogP contribution >= 0.6 is 0 Å². The van der Waals surface area contributed by atoms with E-state index >= 15 is 0 Å². The molecule has 0 bridgehead atoms. The lowest BCUT2D eigenvalue weighted by atomic mass is 9.83. The Kier molecular flexibility index (Phi) is 3.76. The molecule has 0 saturated carbocycles. The summed E-state index contributed by atoms with van der Waals surface area (Å²) >= 11 is 0. The first-order valence-electron chi connectivity index (χ1n) is 6.45. The molecule has 1 aliphatic heterocycles. The molecule has 1 saturated heterocycles. The third-order valence-corrected chi connectivity index (χ3v) is 3.62. The second-order valence-corrected chi connectivity index (χ2v) is 4.96. The van der Waals surface area contributed by atoms with Gasteiger partial charge in [-0.05, 0) is 32.7 Å². The Morgan fingerprint density at radius 1 is 1.65 bits per heavy atom. The maximum atomic E-state index is 15.0. The molecule has 0 spiro atoms. The molecule has 0 amide bonds. The van der Waals surface area contributed by atoms with E-state index in [-0.39, 0.29) is 5.92 Å². The molecule has 17 heavy (non-hydrogen) atoms. The Bertz CT molecular complexity index is 355. The highest BCUT2D eigenvalue weighted by Crippen LogP contribution is 2.36. The van der Waals surface area contributed by atoms with E-state index in [4.69, 9.17) is 0 Å². The average molecular weight is 240 g/mol. The second kappa shape index (κ2) is 5.12. The number of nitrogens with one attached hydrogen (secondary N) is 1. The normalized spacial score (nSPS) is 24.5. The molecular formula is C12H21FN4. The molecule has 0 aliphatic carbocycles. The summed E-state index contributed by atoms with van der Waals surface area (Å²) in [5.74, 6) is 0.0188. The number of halogens is 1. The van der Waals surface area contributed by atoms with Gasteiger partial charge < -0.3 is 5.32 Å². The van der Waals surface area contributed by atoms with Gasteiger partial charge in [-0.25, -0.2) is 9.07 Å². The lowest BCUT2D eigenvalue weighted by Crippen LogP contribution is -2.41. The van der Waals surface area contributed by atoms with Crippen LogP contribution in [0.5, 0.6) is 0 Å². The highest BCUT2D eigenvalue weighted by molar-refractivity contribution is 5.10. The van der Waals surface area contributed by atoms with E-state index in [1.165, 1.54) is 0 Å². The fourth-order valence-electron chi connectivity index (χ4n) is 2.54. The Morgan fingerprint density at radius 3 is 3.12 bits per heavy atom. The smallest absolute Gasteiger partial charge is 0.155 e. The van der Waals surface area contributed by atoms with Crippen LogP contribution in [0.3, 0.4) is 0 Å². The summed E-state index contributed by atoms with van der Waals surface area (Å²) in [7, 11) is 0. The summed E-state index contributed by atoms with van der Waals surface area (Å²) in [4.78, 5) is 0. The van der Waals surface area contributed by atoms with Gasteiger partial charge in [-0.3, -0.25) is 0 Å². The summed E-state index contributed by atoms with van der Waals surface area (Å²) in [6, 6.07) is 0. The molecule has 1 N–H and O–H groups in total. The van der Waals surface area contributed by atoms with Gasteiger partial charge >= 0.3 is 0 Å². The number of hydrogen-bond acceptors (Lipinski definition) is 3. The average Bonchev–Trinajstić information content (AvgIpc) is 2.80. The summed E-state index contributed by atoms with van der Waals surface area (Å²) in [5, 5.41) is 11.1. The SMILES string of the molecule is CCCn1nncc1C(C)(F)C1CCCNC1. The van der Waals surface area contributed by atoms with Crippen LogP contribution in [-0.2, 0) is 12.2 Å². The Balaban J connectivity index is 2.20. The first-order chi connectivity index (χ1) is 8.16. The lowest BCUT2D eigenvalue weighted by Gasteiger charge is -2.33. The van der Waals surface area contributed by atoms with E-state index < -0.39 is 5.67 Å². The molecule has 4 nitrogen and oxygen atoms in total. The van der Waals surface area contributed by atoms with Crippen LogP contribution in [0.25, 0.3) is 0 Å². The molecule has 2 heterocycles. The Morgan fingerprint density at radius 2 is 2.47 bits per heavy atom. The van der Waals surface area contributed by atoms with Crippen molar-refractivity contribution in [2.45, 2.75) is 45.3 Å². The molecule has 2 unspecified atom stereocenters. The van der Waals surface area contributed by atoms with E-state index in [0.717, 1.165) is 38.9 Å². The molecule has 1 aromatic heterocycles. The first-order valence-corrected chi connectivity index (χ1v) is 6.45. The molecule has 0 radical (unpaired) electrons. The van der Waals surface area contributed by atoms with Crippen molar-refractivity contribution >= 4 is 0 Å². The fourth-order valence-corrected chi connectivity index (χ4v) is 2.54. The molecular weight excluding hydrogens is 219 g/mol. The standard InChI is InChI=1S/C12H21FN4/c1-3-7-17-11(9-15-16-17)12(2,13)10-5-4-6-14-8-10/h9-10,14H,3-8H2,1-2H3. The van der Waals surface area contributed by atoms with Crippen molar-refractivity contribution in [2.24, 2.45) is 5.92 Å². The molecule has 2 atom stereocenters. The maximum absolute atomic E-state index is 15.0. The Hall–Kier alpha value is -0.970. The molecule has 96 valence electrons. The predicted molar refractivity (Wildman–Crippen MR) is 64.4 cm³/mol. The van der Waals surface area contributed by atoms with E-state index in [0.29, 0.717) is 5.69 Å². The quantitative estimate of drug-likeness (QED) is 0.873. The van der Waals surface area contributed by atoms with Gasteiger partial charge in [-0.15, -0.1) is 5.10 Å². The largest absolute Gasteiger partial charge is 0.316 e. The molecule has 5 heteroatoms. The zero-order valence-electron chi connectivity index (χ0n) is 10.6. The van der Waals surface area contributed by atoms with Crippen LogP contribution in [0, 0.1) is 5.92 Å². The van der Waals surface area contributed by atoms with Crippen LogP contribution in [0.2, 0.25) is 0 Å². The summed E-state index contributed by atoms with van der Waals surface area (Å²) in [5.41, 5.74) is -0.723. The van der Waals surface area contributed by atoms with Gasteiger partial charge in [0.2, 0.25) is 0 Å². The topological polar surface area (TPSA) is 42.7 Å². The van der Waals surface area contributed by atoms with Gasteiger partial charge in [0.1, 0.15) is 0 Å². The van der Waals surface area contributed by atoms with Crippen molar-refractivity contribution in [3.05, 3.63) is 11.9 Å². The van der Waals surface area contributed by atoms with Crippen LogP contribution in [0.1, 0.15) is 38.8 Å². The van der Waals surface area contributed by atoms with Crippen LogP contribution in [0.15, 0.2) is 6.20 Å². The van der Waals surface area contributed by atoms with E-state index in [1.807, 2.05) is 0 Å².